The molecule has 6 heteroatoms. The quantitative estimate of drug-likeness (QED) is 0.721. The van der Waals surface area contributed by atoms with Crippen LogP contribution in [0.4, 0.5) is 11.5 Å². The number of nitrogens with zero attached hydrogens (tertiary/aromatic N) is 1. The lowest BCUT2D eigenvalue weighted by Crippen LogP contribution is -2.17. The zero-order valence-corrected chi connectivity index (χ0v) is 10.0. The molecule has 0 bridgehead atoms. The molecular formula is C11H17N3O3. The Hall–Kier alpha value is -1.98. The molecule has 0 radical (unpaired) electrons. The molecule has 0 spiro atoms. The van der Waals surface area contributed by atoms with Gasteiger partial charge in [0.15, 0.2) is 0 Å². The van der Waals surface area contributed by atoms with Gasteiger partial charge in [0.2, 0.25) is 5.88 Å². The van der Waals surface area contributed by atoms with E-state index >= 15 is 0 Å². The minimum Gasteiger partial charge on any atom is -0.476 e. The van der Waals surface area contributed by atoms with E-state index in [0.717, 1.165) is 0 Å². The number of nitrogens with two attached hydrogens (primary N) is 1. The van der Waals surface area contributed by atoms with Crippen LogP contribution in [0.25, 0.3) is 0 Å². The second-order valence-electron chi connectivity index (χ2n) is 3.18. The van der Waals surface area contributed by atoms with Crippen molar-refractivity contribution in [2.45, 2.75) is 13.8 Å². The highest BCUT2D eigenvalue weighted by atomic mass is 16.5. The van der Waals surface area contributed by atoms with Crippen LogP contribution in [0.3, 0.4) is 0 Å². The molecule has 0 saturated carbocycles. The Labute approximate surface area is 100 Å². The first-order valence-electron chi connectivity index (χ1n) is 5.46. The fourth-order valence-electron chi connectivity index (χ4n) is 1.18. The number of hydrogen-bond acceptors (Lipinski definition) is 6. The van der Waals surface area contributed by atoms with E-state index in [9.17, 15) is 4.79 Å². The maximum absolute atomic E-state index is 11.1. The molecule has 3 N–H and O–H groups in total. The second kappa shape index (κ2) is 6.57. The van der Waals surface area contributed by atoms with Gasteiger partial charge in [0.25, 0.3) is 0 Å². The van der Waals surface area contributed by atoms with Gasteiger partial charge in [-0.25, -0.2) is 0 Å². The first-order chi connectivity index (χ1) is 8.17. The van der Waals surface area contributed by atoms with Gasteiger partial charge in [0.05, 0.1) is 18.9 Å². The molecule has 1 heterocycles. The summed E-state index contributed by atoms with van der Waals surface area (Å²) in [7, 11) is 0. The Morgan fingerprint density at radius 3 is 2.82 bits per heavy atom. The number of rotatable bonds is 6. The Morgan fingerprint density at radius 1 is 1.41 bits per heavy atom. The lowest BCUT2D eigenvalue weighted by Gasteiger charge is -2.09. The number of nitrogens with one attached hydrogen (secondary N) is 1. The molecule has 0 aliphatic heterocycles. The number of aromatic nitrogens is 1. The predicted molar refractivity (Wildman–Crippen MR) is 64.9 cm³/mol. The third-order valence-electron chi connectivity index (χ3n) is 1.89. The van der Waals surface area contributed by atoms with Gasteiger partial charge in [-0.1, -0.05) is 0 Å². The molecule has 1 aromatic heterocycles. The maximum Gasteiger partial charge on any atom is 0.325 e. The van der Waals surface area contributed by atoms with E-state index in [4.69, 9.17) is 15.2 Å². The highest BCUT2D eigenvalue weighted by molar-refractivity contribution is 5.74. The van der Waals surface area contributed by atoms with Crippen molar-refractivity contribution in [3.8, 4) is 5.88 Å². The zero-order chi connectivity index (χ0) is 12.7. The van der Waals surface area contributed by atoms with Gasteiger partial charge in [-0.3, -0.25) is 4.79 Å². The fourth-order valence-corrected chi connectivity index (χ4v) is 1.18. The topological polar surface area (TPSA) is 86.5 Å². The molecule has 1 aromatic rings. The van der Waals surface area contributed by atoms with Crippen molar-refractivity contribution in [2.24, 2.45) is 0 Å². The summed E-state index contributed by atoms with van der Waals surface area (Å²) in [5.74, 6) is 0.557. The van der Waals surface area contributed by atoms with Gasteiger partial charge in [-0.05, 0) is 26.0 Å². The first-order valence-corrected chi connectivity index (χ1v) is 5.46. The number of carbonyl (C=O) groups is 1. The summed E-state index contributed by atoms with van der Waals surface area (Å²) >= 11 is 0. The Morgan fingerprint density at radius 2 is 2.18 bits per heavy atom. The monoisotopic (exact) mass is 239 g/mol. The van der Waals surface area contributed by atoms with Crippen LogP contribution in [0, 0.1) is 0 Å². The molecule has 1 rings (SSSR count). The van der Waals surface area contributed by atoms with Gasteiger partial charge in [-0.2, -0.15) is 4.98 Å². The third-order valence-corrected chi connectivity index (χ3v) is 1.89. The third kappa shape index (κ3) is 4.18. The lowest BCUT2D eigenvalue weighted by molar-refractivity contribution is -0.140. The number of nitrogen functional groups attached to an aromatic ring is 1. The number of hydrogen-bond donors (Lipinski definition) is 2. The van der Waals surface area contributed by atoms with Gasteiger partial charge in [-0.15, -0.1) is 0 Å². The highest BCUT2D eigenvalue weighted by Crippen LogP contribution is 2.20. The molecule has 0 fully saturated rings. The molecule has 0 aromatic carbocycles. The SMILES string of the molecule is CCOC(=O)CNc1ccc(N)c(OCC)n1. The second-order valence-corrected chi connectivity index (χ2v) is 3.18. The van der Waals surface area contributed by atoms with Crippen molar-refractivity contribution in [1.29, 1.82) is 0 Å². The van der Waals surface area contributed by atoms with Crippen LogP contribution < -0.4 is 15.8 Å². The normalized spacial score (nSPS) is 9.76. The van der Waals surface area contributed by atoms with E-state index in [1.54, 1.807) is 19.1 Å². The van der Waals surface area contributed by atoms with Gasteiger partial charge >= 0.3 is 5.97 Å². The van der Waals surface area contributed by atoms with E-state index in [-0.39, 0.29) is 12.5 Å². The molecule has 0 unspecified atom stereocenters. The summed E-state index contributed by atoms with van der Waals surface area (Å²) in [6.07, 6.45) is 0. The van der Waals surface area contributed by atoms with Crippen LogP contribution in [-0.4, -0.2) is 30.7 Å². The maximum atomic E-state index is 11.1. The number of carbonyl (C=O) groups excluding carboxylic acids is 1. The number of ether oxygens (including phenoxy) is 2. The van der Waals surface area contributed by atoms with Crippen molar-refractivity contribution in [1.82, 2.24) is 4.98 Å². The highest BCUT2D eigenvalue weighted by Gasteiger charge is 2.05. The molecule has 94 valence electrons. The molecular weight excluding hydrogens is 222 g/mol. The fraction of sp³-hybridized carbons (Fsp3) is 0.455. The van der Waals surface area contributed by atoms with Crippen molar-refractivity contribution in [3.05, 3.63) is 12.1 Å². The standard InChI is InChI=1S/C11H17N3O3/c1-3-16-10(15)7-13-9-6-5-8(12)11(14-9)17-4-2/h5-6H,3-4,7,12H2,1-2H3,(H,13,14). The van der Waals surface area contributed by atoms with Crippen molar-refractivity contribution in [3.63, 3.8) is 0 Å². The van der Waals surface area contributed by atoms with Gasteiger partial charge in [0, 0.05) is 0 Å². The van der Waals surface area contributed by atoms with Gasteiger partial charge < -0.3 is 20.5 Å². The number of anilines is 2. The van der Waals surface area contributed by atoms with E-state index in [1.807, 2.05) is 6.92 Å². The average Bonchev–Trinajstić information content (AvgIpc) is 2.31. The molecule has 6 nitrogen and oxygen atoms in total. The predicted octanol–water partition coefficient (Wildman–Crippen LogP) is 1.04. The molecule has 0 amide bonds. The summed E-state index contributed by atoms with van der Waals surface area (Å²) < 4.78 is 10.0. The minimum atomic E-state index is -0.330. The molecule has 17 heavy (non-hydrogen) atoms. The Bertz CT molecular complexity index is 382. The Balaban J connectivity index is 2.59. The number of pyridine rings is 1. The van der Waals surface area contributed by atoms with Crippen LogP contribution in [0.15, 0.2) is 12.1 Å². The molecule has 0 aliphatic carbocycles. The van der Waals surface area contributed by atoms with E-state index in [2.05, 4.69) is 10.3 Å². The van der Waals surface area contributed by atoms with Crippen LogP contribution in [0.5, 0.6) is 5.88 Å². The smallest absolute Gasteiger partial charge is 0.325 e. The van der Waals surface area contributed by atoms with E-state index in [1.165, 1.54) is 0 Å². The summed E-state index contributed by atoms with van der Waals surface area (Å²) in [5, 5.41) is 2.83. The molecule has 0 aliphatic rings. The summed E-state index contributed by atoms with van der Waals surface area (Å²) in [6, 6.07) is 3.35. The van der Waals surface area contributed by atoms with E-state index < -0.39 is 0 Å². The summed E-state index contributed by atoms with van der Waals surface area (Å²) in [5.41, 5.74) is 6.14. The summed E-state index contributed by atoms with van der Waals surface area (Å²) in [4.78, 5) is 15.3. The largest absolute Gasteiger partial charge is 0.476 e. The average molecular weight is 239 g/mol. The molecule has 0 atom stereocenters. The van der Waals surface area contributed by atoms with Gasteiger partial charge in [0.1, 0.15) is 12.4 Å². The summed E-state index contributed by atoms with van der Waals surface area (Å²) in [6.45, 7) is 4.52. The zero-order valence-electron chi connectivity index (χ0n) is 10.0. The van der Waals surface area contributed by atoms with Crippen molar-refractivity contribution >= 4 is 17.5 Å². The lowest BCUT2D eigenvalue weighted by atomic mass is 10.4. The van der Waals surface area contributed by atoms with E-state index in [0.29, 0.717) is 30.6 Å². The van der Waals surface area contributed by atoms with Crippen molar-refractivity contribution in [2.75, 3.05) is 30.8 Å². The minimum absolute atomic E-state index is 0.0658. The van der Waals surface area contributed by atoms with Crippen LogP contribution in [-0.2, 0) is 9.53 Å². The van der Waals surface area contributed by atoms with Crippen LogP contribution in [0.1, 0.15) is 13.8 Å². The molecule has 0 saturated heterocycles. The van der Waals surface area contributed by atoms with Crippen LogP contribution in [0.2, 0.25) is 0 Å². The van der Waals surface area contributed by atoms with Crippen LogP contribution >= 0.6 is 0 Å². The first kappa shape index (κ1) is 13.1. The Kier molecular flexibility index (Phi) is 5.06. The van der Waals surface area contributed by atoms with Crippen molar-refractivity contribution < 1.29 is 14.3 Å². The number of esters is 1.